The van der Waals surface area contributed by atoms with Crippen molar-refractivity contribution in [3.05, 3.63) is 53.8 Å². The molecule has 0 aliphatic carbocycles. The first kappa shape index (κ1) is 11.3. The van der Waals surface area contributed by atoms with Crippen LogP contribution in [0.3, 0.4) is 0 Å². The number of carbonyl (C=O) groups excluding carboxylic acids is 1. The van der Waals surface area contributed by atoms with E-state index in [0.29, 0.717) is 16.7 Å². The van der Waals surface area contributed by atoms with E-state index in [1.165, 1.54) is 37.3 Å². The minimum Gasteiger partial charge on any atom is -0.508 e. The lowest BCUT2D eigenvalue weighted by Gasteiger charge is -2.07. The highest BCUT2D eigenvalue weighted by Crippen LogP contribution is 2.26. The van der Waals surface area contributed by atoms with Gasteiger partial charge in [-0.15, -0.1) is 0 Å². The Hall–Kier alpha value is -2.16. The van der Waals surface area contributed by atoms with Gasteiger partial charge >= 0.3 is 0 Å². The van der Waals surface area contributed by atoms with Crippen LogP contribution in [0.4, 0.5) is 4.39 Å². The summed E-state index contributed by atoms with van der Waals surface area (Å²) >= 11 is 0. The van der Waals surface area contributed by atoms with Crippen LogP contribution in [0, 0.1) is 5.82 Å². The van der Waals surface area contributed by atoms with Crippen molar-refractivity contribution in [1.82, 2.24) is 0 Å². The van der Waals surface area contributed by atoms with Crippen LogP contribution in [0.1, 0.15) is 17.3 Å². The molecule has 0 amide bonds. The molecular weight excluding hydrogens is 219 g/mol. The number of phenols is 1. The summed E-state index contributed by atoms with van der Waals surface area (Å²) in [6.07, 6.45) is 0. The summed E-state index contributed by atoms with van der Waals surface area (Å²) in [5, 5.41) is 9.20. The predicted molar refractivity (Wildman–Crippen MR) is 63.5 cm³/mol. The number of carbonyl (C=O) groups is 1. The highest BCUT2D eigenvalue weighted by Gasteiger charge is 2.10. The van der Waals surface area contributed by atoms with Crippen molar-refractivity contribution in [1.29, 1.82) is 0 Å². The zero-order valence-corrected chi connectivity index (χ0v) is 9.27. The standard InChI is InChI=1S/C14H11FO2/c1-9(16)13-7-4-11(15)8-14(13)10-2-5-12(17)6-3-10/h2-8,17H,1H3. The first-order valence-corrected chi connectivity index (χ1v) is 5.18. The molecule has 86 valence electrons. The number of hydrogen-bond acceptors (Lipinski definition) is 2. The fourth-order valence-electron chi connectivity index (χ4n) is 1.70. The predicted octanol–water partition coefficient (Wildman–Crippen LogP) is 3.40. The van der Waals surface area contributed by atoms with Crippen LogP contribution < -0.4 is 0 Å². The molecule has 0 unspecified atom stereocenters. The number of ketones is 1. The Bertz CT molecular complexity index is 559. The van der Waals surface area contributed by atoms with Gasteiger partial charge in [-0.05, 0) is 48.4 Å². The molecule has 2 aromatic rings. The Morgan fingerprint density at radius 1 is 1.12 bits per heavy atom. The second-order valence-electron chi connectivity index (χ2n) is 3.79. The molecule has 0 aliphatic heterocycles. The summed E-state index contributed by atoms with van der Waals surface area (Å²) < 4.78 is 13.2. The van der Waals surface area contributed by atoms with Gasteiger partial charge in [-0.3, -0.25) is 4.79 Å². The van der Waals surface area contributed by atoms with Crippen molar-refractivity contribution in [2.45, 2.75) is 6.92 Å². The first-order chi connectivity index (χ1) is 8.08. The molecule has 0 bridgehead atoms. The van der Waals surface area contributed by atoms with Crippen LogP contribution in [0.15, 0.2) is 42.5 Å². The molecule has 0 radical (unpaired) electrons. The second kappa shape index (κ2) is 4.37. The van der Waals surface area contributed by atoms with Crippen molar-refractivity contribution in [3.63, 3.8) is 0 Å². The van der Waals surface area contributed by atoms with Gasteiger partial charge in [-0.1, -0.05) is 12.1 Å². The van der Waals surface area contributed by atoms with Crippen molar-refractivity contribution < 1.29 is 14.3 Å². The fourth-order valence-corrected chi connectivity index (χ4v) is 1.70. The summed E-state index contributed by atoms with van der Waals surface area (Å²) in [6.45, 7) is 1.44. The third-order valence-corrected chi connectivity index (χ3v) is 2.54. The Morgan fingerprint density at radius 2 is 1.76 bits per heavy atom. The van der Waals surface area contributed by atoms with E-state index >= 15 is 0 Å². The largest absolute Gasteiger partial charge is 0.508 e. The van der Waals surface area contributed by atoms with Crippen LogP contribution >= 0.6 is 0 Å². The maximum Gasteiger partial charge on any atom is 0.160 e. The van der Waals surface area contributed by atoms with Gasteiger partial charge in [0.2, 0.25) is 0 Å². The van der Waals surface area contributed by atoms with E-state index in [2.05, 4.69) is 0 Å². The van der Waals surface area contributed by atoms with Crippen LogP contribution in [0.25, 0.3) is 11.1 Å². The van der Waals surface area contributed by atoms with Crippen molar-refractivity contribution >= 4 is 5.78 Å². The lowest BCUT2D eigenvalue weighted by atomic mass is 9.97. The van der Waals surface area contributed by atoms with Gasteiger partial charge in [-0.25, -0.2) is 4.39 Å². The Labute approximate surface area is 98.3 Å². The van der Waals surface area contributed by atoms with Crippen LogP contribution in [0.5, 0.6) is 5.75 Å². The average molecular weight is 230 g/mol. The maximum absolute atomic E-state index is 13.2. The van der Waals surface area contributed by atoms with E-state index in [1.807, 2.05) is 0 Å². The molecule has 0 saturated heterocycles. The van der Waals surface area contributed by atoms with Gasteiger partial charge in [0.05, 0.1) is 0 Å². The summed E-state index contributed by atoms with van der Waals surface area (Å²) in [6, 6.07) is 10.4. The SMILES string of the molecule is CC(=O)c1ccc(F)cc1-c1ccc(O)cc1. The van der Waals surface area contributed by atoms with E-state index in [1.54, 1.807) is 12.1 Å². The smallest absolute Gasteiger partial charge is 0.160 e. The topological polar surface area (TPSA) is 37.3 Å². The molecule has 0 saturated carbocycles. The van der Waals surface area contributed by atoms with Crippen LogP contribution in [0.2, 0.25) is 0 Å². The van der Waals surface area contributed by atoms with Crippen molar-refractivity contribution in [2.75, 3.05) is 0 Å². The molecule has 0 aromatic heterocycles. The Balaban J connectivity index is 2.60. The molecule has 2 rings (SSSR count). The number of benzene rings is 2. The third kappa shape index (κ3) is 2.33. The van der Waals surface area contributed by atoms with Gasteiger partial charge in [0.15, 0.2) is 5.78 Å². The van der Waals surface area contributed by atoms with Crippen molar-refractivity contribution in [2.24, 2.45) is 0 Å². The fraction of sp³-hybridized carbons (Fsp3) is 0.0714. The molecule has 0 spiro atoms. The zero-order valence-electron chi connectivity index (χ0n) is 9.27. The van der Waals surface area contributed by atoms with Crippen molar-refractivity contribution in [3.8, 4) is 16.9 Å². The van der Waals surface area contributed by atoms with Gasteiger partial charge < -0.3 is 5.11 Å². The molecule has 0 aliphatic rings. The zero-order chi connectivity index (χ0) is 12.4. The molecule has 0 fully saturated rings. The van der Waals surface area contributed by atoms with Gasteiger partial charge in [-0.2, -0.15) is 0 Å². The number of phenolic OH excluding ortho intramolecular Hbond substituents is 1. The molecule has 2 aromatic carbocycles. The number of Topliss-reactive ketones (excluding diaryl/α,β-unsaturated/α-hetero) is 1. The summed E-state index contributed by atoms with van der Waals surface area (Å²) in [5.41, 5.74) is 1.71. The quantitative estimate of drug-likeness (QED) is 0.803. The number of rotatable bonds is 2. The van der Waals surface area contributed by atoms with Gasteiger partial charge in [0.1, 0.15) is 11.6 Å². The Morgan fingerprint density at radius 3 is 2.35 bits per heavy atom. The van der Waals surface area contributed by atoms with E-state index in [9.17, 15) is 14.3 Å². The normalized spacial score (nSPS) is 10.2. The molecule has 17 heavy (non-hydrogen) atoms. The average Bonchev–Trinajstić information content (AvgIpc) is 2.29. The second-order valence-corrected chi connectivity index (χ2v) is 3.79. The van der Waals surface area contributed by atoms with E-state index in [-0.39, 0.29) is 11.5 Å². The lowest BCUT2D eigenvalue weighted by molar-refractivity contribution is 0.101. The number of aromatic hydroxyl groups is 1. The van der Waals surface area contributed by atoms with E-state index < -0.39 is 5.82 Å². The lowest BCUT2D eigenvalue weighted by Crippen LogP contribution is -1.96. The molecule has 1 N–H and O–H groups in total. The summed E-state index contributed by atoms with van der Waals surface area (Å²) in [4.78, 5) is 11.4. The van der Waals surface area contributed by atoms with Crippen LogP contribution in [-0.4, -0.2) is 10.9 Å². The highest BCUT2D eigenvalue weighted by molar-refractivity contribution is 6.00. The molecular formula is C14H11FO2. The monoisotopic (exact) mass is 230 g/mol. The number of halogens is 1. The minimum atomic E-state index is -0.391. The summed E-state index contributed by atoms with van der Waals surface area (Å²) in [5.74, 6) is -0.374. The molecule has 2 nitrogen and oxygen atoms in total. The highest BCUT2D eigenvalue weighted by atomic mass is 19.1. The molecule has 3 heteroatoms. The minimum absolute atomic E-state index is 0.118. The maximum atomic E-state index is 13.2. The summed E-state index contributed by atoms with van der Waals surface area (Å²) in [7, 11) is 0. The number of hydrogen-bond donors (Lipinski definition) is 1. The molecule has 0 atom stereocenters. The van der Waals surface area contributed by atoms with Gasteiger partial charge in [0.25, 0.3) is 0 Å². The third-order valence-electron chi connectivity index (χ3n) is 2.54. The first-order valence-electron chi connectivity index (χ1n) is 5.18. The molecule has 0 heterocycles. The Kier molecular flexibility index (Phi) is 2.91. The van der Waals surface area contributed by atoms with Crippen LogP contribution in [-0.2, 0) is 0 Å². The van der Waals surface area contributed by atoms with Gasteiger partial charge in [0, 0.05) is 5.56 Å². The van der Waals surface area contributed by atoms with E-state index in [4.69, 9.17) is 0 Å². The van der Waals surface area contributed by atoms with E-state index in [0.717, 1.165) is 0 Å².